The van der Waals surface area contributed by atoms with Gasteiger partial charge in [0.15, 0.2) is 0 Å². The first-order valence-corrected chi connectivity index (χ1v) is 9.74. The van der Waals surface area contributed by atoms with Gasteiger partial charge in [0.25, 0.3) is 0 Å². The fraction of sp³-hybridized carbons (Fsp3) is 0.600. The highest BCUT2D eigenvalue weighted by Gasteiger charge is 2.45. The second kappa shape index (κ2) is 10.2. The Morgan fingerprint density at radius 3 is 2.31 bits per heavy atom. The first-order chi connectivity index (χ1) is 12.5. The molecule has 6 heteroatoms. The average Bonchev–Trinajstić information content (AvgIpc) is 2.57. The summed E-state index contributed by atoms with van der Waals surface area (Å²) in [5.41, 5.74) is 1.37. The molecule has 26 heavy (non-hydrogen) atoms. The van der Waals surface area contributed by atoms with E-state index < -0.39 is 11.5 Å². The third-order valence-electron chi connectivity index (χ3n) is 4.97. The van der Waals surface area contributed by atoms with Gasteiger partial charge in [0.1, 0.15) is 18.6 Å². The molecule has 2 amide bonds. The first kappa shape index (κ1) is 20.2. The SMILES string of the molecule is CCCCCCCCc1ccc(NC(=O)NC2(CC(=O)O)C[NH2+]C2)cc1. The van der Waals surface area contributed by atoms with E-state index in [4.69, 9.17) is 5.11 Å². The van der Waals surface area contributed by atoms with E-state index in [-0.39, 0.29) is 12.5 Å². The maximum Gasteiger partial charge on any atom is 0.320 e. The van der Waals surface area contributed by atoms with Gasteiger partial charge in [0, 0.05) is 5.69 Å². The second-order valence-corrected chi connectivity index (χ2v) is 7.34. The van der Waals surface area contributed by atoms with E-state index in [1.54, 1.807) is 0 Å². The van der Waals surface area contributed by atoms with Crippen molar-refractivity contribution >= 4 is 17.7 Å². The number of quaternary nitrogens is 1. The molecule has 1 saturated heterocycles. The van der Waals surface area contributed by atoms with Crippen LogP contribution in [0.2, 0.25) is 0 Å². The van der Waals surface area contributed by atoms with Crippen LogP contribution in [0.4, 0.5) is 10.5 Å². The van der Waals surface area contributed by atoms with Crippen molar-refractivity contribution in [3.63, 3.8) is 0 Å². The summed E-state index contributed by atoms with van der Waals surface area (Å²) >= 11 is 0. The minimum absolute atomic E-state index is 0.0475. The molecule has 0 saturated carbocycles. The molecule has 0 unspecified atom stereocenters. The van der Waals surface area contributed by atoms with Crippen molar-refractivity contribution in [1.82, 2.24) is 5.32 Å². The highest BCUT2D eigenvalue weighted by atomic mass is 16.4. The van der Waals surface area contributed by atoms with Gasteiger partial charge in [0.2, 0.25) is 0 Å². The van der Waals surface area contributed by atoms with E-state index in [0.717, 1.165) is 12.1 Å². The number of carboxylic acids is 1. The maximum absolute atomic E-state index is 12.2. The Labute approximate surface area is 155 Å². The summed E-state index contributed by atoms with van der Waals surface area (Å²) in [5.74, 6) is -0.891. The lowest BCUT2D eigenvalue weighted by Gasteiger charge is -2.37. The van der Waals surface area contributed by atoms with E-state index in [1.165, 1.54) is 44.1 Å². The molecule has 1 aromatic carbocycles. The number of urea groups is 1. The summed E-state index contributed by atoms with van der Waals surface area (Å²) in [7, 11) is 0. The minimum atomic E-state index is -0.891. The van der Waals surface area contributed by atoms with Crippen LogP contribution >= 0.6 is 0 Å². The van der Waals surface area contributed by atoms with Gasteiger partial charge in [-0.3, -0.25) is 4.79 Å². The zero-order valence-corrected chi connectivity index (χ0v) is 15.7. The van der Waals surface area contributed by atoms with E-state index in [1.807, 2.05) is 29.6 Å². The van der Waals surface area contributed by atoms with Crippen molar-refractivity contribution in [3.05, 3.63) is 29.8 Å². The predicted octanol–water partition coefficient (Wildman–Crippen LogP) is 2.50. The van der Waals surface area contributed by atoms with Crippen LogP contribution in [0.15, 0.2) is 24.3 Å². The number of amides is 2. The number of aliphatic carboxylic acids is 1. The van der Waals surface area contributed by atoms with Gasteiger partial charge in [-0.05, 0) is 30.5 Å². The lowest BCUT2D eigenvalue weighted by atomic mass is 9.89. The van der Waals surface area contributed by atoms with Crippen LogP contribution in [-0.4, -0.2) is 35.7 Å². The molecule has 1 heterocycles. The first-order valence-electron chi connectivity index (χ1n) is 9.74. The number of hydrogen-bond donors (Lipinski definition) is 4. The van der Waals surface area contributed by atoms with Crippen LogP contribution in [-0.2, 0) is 11.2 Å². The third-order valence-corrected chi connectivity index (χ3v) is 4.97. The Morgan fingerprint density at radius 1 is 1.08 bits per heavy atom. The Hall–Kier alpha value is -2.08. The number of carbonyl (C=O) groups is 2. The number of carboxylic acid groups (broad SMARTS) is 1. The topological polar surface area (TPSA) is 95.0 Å². The molecule has 6 nitrogen and oxygen atoms in total. The van der Waals surface area contributed by atoms with Gasteiger partial charge < -0.3 is 21.1 Å². The molecule has 5 N–H and O–H groups in total. The van der Waals surface area contributed by atoms with Crippen molar-refractivity contribution < 1.29 is 20.0 Å². The lowest BCUT2D eigenvalue weighted by Crippen LogP contribution is -3.05. The largest absolute Gasteiger partial charge is 0.481 e. The van der Waals surface area contributed by atoms with Crippen molar-refractivity contribution in [2.45, 2.75) is 63.8 Å². The van der Waals surface area contributed by atoms with Crippen molar-refractivity contribution in [3.8, 4) is 0 Å². The zero-order chi connectivity index (χ0) is 18.8. The lowest BCUT2D eigenvalue weighted by molar-refractivity contribution is -0.726. The molecule has 0 aliphatic carbocycles. The van der Waals surface area contributed by atoms with Crippen LogP contribution < -0.4 is 16.0 Å². The summed E-state index contributed by atoms with van der Waals surface area (Å²) < 4.78 is 0. The molecular weight excluding hydrogens is 330 g/mol. The summed E-state index contributed by atoms with van der Waals surface area (Å²) in [6.45, 7) is 3.43. The van der Waals surface area contributed by atoms with Gasteiger partial charge >= 0.3 is 12.0 Å². The molecule has 0 radical (unpaired) electrons. The molecule has 0 aromatic heterocycles. The number of aryl methyl sites for hydroxylation is 1. The fourth-order valence-electron chi connectivity index (χ4n) is 3.34. The number of nitrogens with two attached hydrogens (primary N) is 1. The van der Waals surface area contributed by atoms with Gasteiger partial charge in [0.05, 0.1) is 6.42 Å². The quantitative estimate of drug-likeness (QED) is 0.456. The number of anilines is 1. The highest BCUT2D eigenvalue weighted by Crippen LogP contribution is 2.15. The molecule has 0 bridgehead atoms. The normalized spacial score (nSPS) is 15.1. The molecule has 0 spiro atoms. The van der Waals surface area contributed by atoms with Crippen LogP contribution in [0.25, 0.3) is 0 Å². The number of benzene rings is 1. The fourth-order valence-corrected chi connectivity index (χ4v) is 3.34. The van der Waals surface area contributed by atoms with Gasteiger partial charge in [-0.15, -0.1) is 0 Å². The highest BCUT2D eigenvalue weighted by molar-refractivity contribution is 5.90. The van der Waals surface area contributed by atoms with Crippen molar-refractivity contribution in [2.24, 2.45) is 0 Å². The number of unbranched alkanes of at least 4 members (excludes halogenated alkanes) is 5. The number of rotatable bonds is 11. The van der Waals surface area contributed by atoms with Crippen molar-refractivity contribution in [2.75, 3.05) is 18.4 Å². The number of carbonyl (C=O) groups excluding carboxylic acids is 1. The van der Waals surface area contributed by atoms with Crippen LogP contribution in [0, 0.1) is 0 Å². The van der Waals surface area contributed by atoms with E-state index in [9.17, 15) is 9.59 Å². The minimum Gasteiger partial charge on any atom is -0.481 e. The summed E-state index contributed by atoms with van der Waals surface area (Å²) in [4.78, 5) is 23.1. The maximum atomic E-state index is 12.2. The zero-order valence-electron chi connectivity index (χ0n) is 15.7. The van der Waals surface area contributed by atoms with Gasteiger partial charge in [-0.2, -0.15) is 0 Å². The molecule has 1 aliphatic rings. The van der Waals surface area contributed by atoms with Crippen LogP contribution in [0.1, 0.15) is 57.4 Å². The predicted molar refractivity (Wildman–Crippen MR) is 102 cm³/mol. The van der Waals surface area contributed by atoms with Crippen LogP contribution in [0.5, 0.6) is 0 Å². The van der Waals surface area contributed by atoms with Gasteiger partial charge in [-0.25, -0.2) is 4.79 Å². The molecule has 0 atom stereocenters. The van der Waals surface area contributed by atoms with Crippen LogP contribution in [0.3, 0.4) is 0 Å². The van der Waals surface area contributed by atoms with Gasteiger partial charge in [-0.1, -0.05) is 51.2 Å². The smallest absolute Gasteiger partial charge is 0.320 e. The van der Waals surface area contributed by atoms with E-state index in [2.05, 4.69) is 17.6 Å². The number of nitrogens with one attached hydrogen (secondary N) is 2. The monoisotopic (exact) mass is 362 g/mol. The summed E-state index contributed by atoms with van der Waals surface area (Å²) in [6, 6.07) is 7.56. The molecule has 1 fully saturated rings. The molecule has 2 rings (SSSR count). The molecule has 1 aliphatic heterocycles. The van der Waals surface area contributed by atoms with E-state index in [0.29, 0.717) is 13.1 Å². The average molecular weight is 362 g/mol. The Morgan fingerprint density at radius 2 is 1.73 bits per heavy atom. The Kier molecular flexibility index (Phi) is 7.91. The Balaban J connectivity index is 1.72. The second-order valence-electron chi connectivity index (χ2n) is 7.34. The molecule has 1 aromatic rings. The molecular formula is C20H32N3O3+. The summed E-state index contributed by atoms with van der Waals surface area (Å²) in [5, 5.41) is 16.6. The number of hydrogen-bond acceptors (Lipinski definition) is 2. The van der Waals surface area contributed by atoms with E-state index >= 15 is 0 Å². The standard InChI is InChI=1S/C20H31N3O3/c1-2-3-4-5-6-7-8-16-9-11-17(12-10-16)22-19(26)23-20(13-18(24)25)14-21-15-20/h9-12,21H,2-8,13-15H2,1H3,(H,24,25)(H2,22,23,26)/p+1. The third kappa shape index (κ3) is 6.67. The molecule has 144 valence electrons. The Bertz CT molecular complexity index is 582. The van der Waals surface area contributed by atoms with Crippen molar-refractivity contribution in [1.29, 1.82) is 0 Å². The summed E-state index contributed by atoms with van der Waals surface area (Å²) in [6.07, 6.45) is 8.73.